The quantitative estimate of drug-likeness (QED) is 0.392. The van der Waals surface area contributed by atoms with Crippen LogP contribution in [0.15, 0.2) is 87.2 Å². The monoisotopic (exact) mass is 494 g/mol. The average Bonchev–Trinajstić information content (AvgIpc) is 3.09. The first-order valence-corrected chi connectivity index (χ1v) is 11.1. The highest BCUT2D eigenvalue weighted by Crippen LogP contribution is 2.40. The third kappa shape index (κ3) is 4.52. The number of nitrogens with zero attached hydrogens (tertiary/aromatic N) is 2. The maximum absolute atomic E-state index is 13.4. The Morgan fingerprint density at radius 2 is 1.65 bits per heavy atom. The predicted octanol–water partition coefficient (Wildman–Crippen LogP) is 6.27. The number of hydrogen-bond acceptors (Lipinski definition) is 5. The van der Waals surface area contributed by atoms with Crippen molar-refractivity contribution in [1.29, 1.82) is 0 Å². The fraction of sp³-hybridized carbons (Fsp3) is 0.0833. The van der Waals surface area contributed by atoms with Crippen LogP contribution >= 0.6 is 27.7 Å². The van der Waals surface area contributed by atoms with Crippen molar-refractivity contribution in [2.75, 3.05) is 19.1 Å². The fourth-order valence-corrected chi connectivity index (χ4v) is 4.76. The molecule has 3 aromatic rings. The van der Waals surface area contributed by atoms with Gasteiger partial charge in [0.2, 0.25) is 0 Å². The van der Waals surface area contributed by atoms with E-state index in [4.69, 9.17) is 14.5 Å². The molecule has 156 valence electrons. The zero-order valence-corrected chi connectivity index (χ0v) is 19.3. The average molecular weight is 495 g/mol. The van der Waals surface area contributed by atoms with Gasteiger partial charge in [-0.25, -0.2) is 4.99 Å². The third-order valence-corrected chi connectivity index (χ3v) is 6.11. The van der Waals surface area contributed by atoms with Gasteiger partial charge in [0.15, 0.2) is 16.7 Å². The van der Waals surface area contributed by atoms with Gasteiger partial charge in [0, 0.05) is 0 Å². The van der Waals surface area contributed by atoms with Gasteiger partial charge in [-0.2, -0.15) is 0 Å². The molecule has 0 radical (unpaired) electrons. The second kappa shape index (κ2) is 9.41. The Balaban J connectivity index is 1.77. The molecule has 0 aromatic heterocycles. The summed E-state index contributed by atoms with van der Waals surface area (Å²) in [7, 11) is 3.17. The molecule has 1 fully saturated rings. The van der Waals surface area contributed by atoms with Crippen molar-refractivity contribution in [3.05, 3.63) is 87.7 Å². The van der Waals surface area contributed by atoms with E-state index in [1.807, 2.05) is 78.9 Å². The van der Waals surface area contributed by atoms with Crippen LogP contribution in [0.25, 0.3) is 6.08 Å². The van der Waals surface area contributed by atoms with E-state index < -0.39 is 0 Å². The molecule has 4 rings (SSSR count). The van der Waals surface area contributed by atoms with Crippen LogP contribution in [-0.2, 0) is 4.79 Å². The zero-order chi connectivity index (χ0) is 21.8. The van der Waals surface area contributed by atoms with Gasteiger partial charge < -0.3 is 9.47 Å². The molecular weight excluding hydrogens is 476 g/mol. The normalized spacial score (nSPS) is 16.2. The molecule has 31 heavy (non-hydrogen) atoms. The Labute approximate surface area is 193 Å². The van der Waals surface area contributed by atoms with Crippen LogP contribution in [0.5, 0.6) is 11.5 Å². The number of aliphatic imine (C=N–C) groups is 1. The highest BCUT2D eigenvalue weighted by Gasteiger charge is 2.34. The minimum atomic E-state index is -0.128. The lowest BCUT2D eigenvalue weighted by molar-refractivity contribution is -0.113. The van der Waals surface area contributed by atoms with Crippen LogP contribution in [0.4, 0.5) is 11.4 Å². The molecule has 0 spiro atoms. The van der Waals surface area contributed by atoms with Gasteiger partial charge in [-0.3, -0.25) is 9.69 Å². The Hall–Kier alpha value is -3.03. The van der Waals surface area contributed by atoms with Gasteiger partial charge in [-0.05, 0) is 75.7 Å². The number of anilines is 1. The van der Waals surface area contributed by atoms with Gasteiger partial charge in [0.05, 0.1) is 35.0 Å². The van der Waals surface area contributed by atoms with Crippen molar-refractivity contribution in [3.8, 4) is 11.5 Å². The molecule has 3 aromatic carbocycles. The number of thioether (sulfide) groups is 1. The van der Waals surface area contributed by atoms with Crippen molar-refractivity contribution in [2.45, 2.75) is 0 Å². The van der Waals surface area contributed by atoms with Crippen molar-refractivity contribution >= 4 is 56.2 Å². The molecule has 7 heteroatoms. The van der Waals surface area contributed by atoms with Gasteiger partial charge in [-0.1, -0.05) is 36.4 Å². The molecule has 0 unspecified atom stereocenters. The Morgan fingerprint density at radius 3 is 2.29 bits per heavy atom. The first-order valence-electron chi connectivity index (χ1n) is 9.45. The highest BCUT2D eigenvalue weighted by atomic mass is 79.9. The van der Waals surface area contributed by atoms with Gasteiger partial charge >= 0.3 is 0 Å². The predicted molar refractivity (Wildman–Crippen MR) is 130 cm³/mol. The zero-order valence-electron chi connectivity index (χ0n) is 16.9. The molecule has 1 aliphatic heterocycles. The molecule has 5 nitrogen and oxygen atoms in total. The molecule has 1 amide bonds. The first-order chi connectivity index (χ1) is 15.1. The van der Waals surface area contributed by atoms with E-state index in [-0.39, 0.29) is 5.91 Å². The molecule has 0 bridgehead atoms. The van der Waals surface area contributed by atoms with E-state index in [1.165, 1.54) is 11.8 Å². The van der Waals surface area contributed by atoms with Crippen molar-refractivity contribution in [3.63, 3.8) is 0 Å². The molecular formula is C24H19BrN2O3S. The number of halogens is 1. The largest absolute Gasteiger partial charge is 0.493 e. The minimum absolute atomic E-state index is 0.128. The van der Waals surface area contributed by atoms with E-state index in [2.05, 4.69) is 15.9 Å². The number of benzene rings is 3. The van der Waals surface area contributed by atoms with Crippen LogP contribution in [0, 0.1) is 0 Å². The summed E-state index contributed by atoms with van der Waals surface area (Å²) in [6.45, 7) is 0. The summed E-state index contributed by atoms with van der Waals surface area (Å²) in [4.78, 5) is 20.3. The smallest absolute Gasteiger partial charge is 0.271 e. The van der Waals surface area contributed by atoms with Gasteiger partial charge in [0.25, 0.3) is 5.91 Å². The maximum Gasteiger partial charge on any atom is 0.271 e. The van der Waals surface area contributed by atoms with Crippen molar-refractivity contribution < 1.29 is 14.3 Å². The second-order valence-electron chi connectivity index (χ2n) is 6.55. The summed E-state index contributed by atoms with van der Waals surface area (Å²) in [6.07, 6.45) is 1.84. The van der Waals surface area contributed by atoms with Crippen molar-refractivity contribution in [1.82, 2.24) is 0 Å². The number of carbonyl (C=O) groups excluding carboxylic acids is 1. The SMILES string of the molecule is COc1cc(/C=C2\SC(=Nc3ccccc3)N(c3ccccc3)C2=O)cc(Br)c1OC. The van der Waals surface area contributed by atoms with Crippen LogP contribution in [-0.4, -0.2) is 25.3 Å². The molecule has 0 atom stereocenters. The summed E-state index contributed by atoms with van der Waals surface area (Å²) >= 11 is 4.85. The number of rotatable bonds is 5. The first kappa shape index (κ1) is 21.2. The van der Waals surface area contributed by atoms with E-state index in [0.29, 0.717) is 21.6 Å². The molecule has 0 aliphatic carbocycles. The van der Waals surface area contributed by atoms with E-state index >= 15 is 0 Å². The summed E-state index contributed by atoms with van der Waals surface area (Å²) in [5.41, 5.74) is 2.37. The highest BCUT2D eigenvalue weighted by molar-refractivity contribution is 9.10. The fourth-order valence-electron chi connectivity index (χ4n) is 3.14. The Kier molecular flexibility index (Phi) is 6.44. The number of methoxy groups -OCH3 is 2. The van der Waals surface area contributed by atoms with E-state index in [9.17, 15) is 4.79 Å². The van der Waals surface area contributed by atoms with Gasteiger partial charge in [-0.15, -0.1) is 0 Å². The topological polar surface area (TPSA) is 51.1 Å². The Bertz CT molecular complexity index is 1160. The van der Waals surface area contributed by atoms with Crippen LogP contribution in [0.2, 0.25) is 0 Å². The summed E-state index contributed by atoms with van der Waals surface area (Å²) in [5, 5.41) is 0.605. The van der Waals surface area contributed by atoms with E-state index in [1.54, 1.807) is 19.1 Å². The molecule has 0 N–H and O–H groups in total. The second-order valence-corrected chi connectivity index (χ2v) is 8.42. The summed E-state index contributed by atoms with van der Waals surface area (Å²) in [5.74, 6) is 1.06. The van der Waals surface area contributed by atoms with Gasteiger partial charge in [0.1, 0.15) is 0 Å². The number of hydrogen-bond donors (Lipinski definition) is 0. The molecule has 1 heterocycles. The van der Waals surface area contributed by atoms with Crippen LogP contribution in [0.3, 0.4) is 0 Å². The standard InChI is InChI=1S/C24H19BrN2O3S/c1-29-20-14-16(13-19(25)22(20)30-2)15-21-23(28)27(18-11-7-4-8-12-18)24(31-21)26-17-9-5-3-6-10-17/h3-15H,1-2H3/b21-15-,26-24?. The summed E-state index contributed by atoms with van der Waals surface area (Å²) in [6, 6.07) is 22.9. The number of ether oxygens (including phenoxy) is 2. The van der Waals surface area contributed by atoms with E-state index in [0.717, 1.165) is 21.4 Å². The van der Waals surface area contributed by atoms with Crippen LogP contribution < -0.4 is 14.4 Å². The lowest BCUT2D eigenvalue weighted by atomic mass is 10.2. The lowest BCUT2D eigenvalue weighted by Crippen LogP contribution is -2.28. The number of carbonyl (C=O) groups is 1. The Morgan fingerprint density at radius 1 is 0.968 bits per heavy atom. The molecule has 0 saturated carbocycles. The summed E-state index contributed by atoms with van der Waals surface area (Å²) < 4.78 is 11.6. The maximum atomic E-state index is 13.4. The number of amides is 1. The third-order valence-electron chi connectivity index (χ3n) is 4.56. The van der Waals surface area contributed by atoms with Crippen molar-refractivity contribution in [2.24, 2.45) is 4.99 Å². The van der Waals surface area contributed by atoms with Crippen LogP contribution in [0.1, 0.15) is 5.56 Å². The number of amidine groups is 1. The molecule has 1 aliphatic rings. The minimum Gasteiger partial charge on any atom is -0.493 e. The number of para-hydroxylation sites is 2. The molecule has 1 saturated heterocycles. The lowest BCUT2D eigenvalue weighted by Gasteiger charge is -2.15.